The Balaban J connectivity index is 1.62. The Morgan fingerprint density at radius 1 is 1.10 bits per heavy atom. The molecule has 2 aromatic rings. The number of carbonyl (C=O) groups excluding carboxylic acids is 2. The summed E-state index contributed by atoms with van der Waals surface area (Å²) in [6.07, 6.45) is 3.93. The monoisotopic (exact) mass is 415 g/mol. The van der Waals surface area contributed by atoms with Crippen LogP contribution >= 0.6 is 0 Å². The Hall–Kier alpha value is -3.23. The smallest absolute Gasteiger partial charge is 0.412 e. The standard InChI is InChI=1S/C21H26FN5O3/c1-21(2,3)30-20(29)26-16-6-5-15(22)13-17(16)25-18(28)14-7-11-27(12-8-14)19-23-9-4-10-24-19/h4-6,9-10,13-14H,7-8,11-12H2,1-3H3,(H,25,28)(H,26,29). The topological polar surface area (TPSA) is 96.5 Å². The van der Waals surface area contributed by atoms with Gasteiger partial charge in [0, 0.05) is 31.4 Å². The van der Waals surface area contributed by atoms with Gasteiger partial charge in [0.25, 0.3) is 0 Å². The van der Waals surface area contributed by atoms with Gasteiger partial charge in [-0.3, -0.25) is 10.1 Å². The molecule has 0 radical (unpaired) electrons. The van der Waals surface area contributed by atoms with E-state index in [-0.39, 0.29) is 23.2 Å². The summed E-state index contributed by atoms with van der Waals surface area (Å²) in [4.78, 5) is 35.3. The number of benzene rings is 1. The molecule has 2 amide bonds. The van der Waals surface area contributed by atoms with Gasteiger partial charge in [-0.2, -0.15) is 0 Å². The average molecular weight is 415 g/mol. The van der Waals surface area contributed by atoms with Crippen LogP contribution in [0, 0.1) is 11.7 Å². The predicted molar refractivity (Wildman–Crippen MR) is 112 cm³/mol. The van der Waals surface area contributed by atoms with Crippen LogP contribution in [0.5, 0.6) is 0 Å². The van der Waals surface area contributed by atoms with Crippen molar-refractivity contribution in [1.29, 1.82) is 0 Å². The molecule has 1 aliphatic heterocycles. The van der Waals surface area contributed by atoms with Gasteiger partial charge >= 0.3 is 6.09 Å². The van der Waals surface area contributed by atoms with E-state index in [4.69, 9.17) is 4.74 Å². The predicted octanol–water partition coefficient (Wildman–Crippen LogP) is 3.82. The van der Waals surface area contributed by atoms with E-state index in [1.165, 1.54) is 18.2 Å². The summed E-state index contributed by atoms with van der Waals surface area (Å²) < 4.78 is 19.0. The number of aromatic nitrogens is 2. The van der Waals surface area contributed by atoms with Crippen LogP contribution in [0.2, 0.25) is 0 Å². The molecule has 1 aliphatic rings. The van der Waals surface area contributed by atoms with E-state index in [9.17, 15) is 14.0 Å². The number of nitrogens with zero attached hydrogens (tertiary/aromatic N) is 3. The van der Waals surface area contributed by atoms with Crippen molar-refractivity contribution in [3.63, 3.8) is 0 Å². The van der Waals surface area contributed by atoms with E-state index in [0.717, 1.165) is 0 Å². The van der Waals surface area contributed by atoms with Crippen molar-refractivity contribution in [2.24, 2.45) is 5.92 Å². The first-order valence-corrected chi connectivity index (χ1v) is 9.84. The lowest BCUT2D eigenvalue weighted by Crippen LogP contribution is -2.39. The van der Waals surface area contributed by atoms with Gasteiger partial charge in [0.1, 0.15) is 11.4 Å². The molecule has 30 heavy (non-hydrogen) atoms. The van der Waals surface area contributed by atoms with Gasteiger partial charge in [0.2, 0.25) is 11.9 Å². The van der Waals surface area contributed by atoms with Crippen LogP contribution in [0.3, 0.4) is 0 Å². The third-order valence-corrected chi connectivity index (χ3v) is 4.58. The van der Waals surface area contributed by atoms with Gasteiger partial charge < -0.3 is 15.0 Å². The number of rotatable bonds is 4. The van der Waals surface area contributed by atoms with Gasteiger partial charge in [-0.1, -0.05) is 0 Å². The van der Waals surface area contributed by atoms with Crippen molar-refractivity contribution in [3.8, 4) is 0 Å². The van der Waals surface area contributed by atoms with Gasteiger partial charge in [-0.05, 0) is 57.9 Å². The second-order valence-electron chi connectivity index (χ2n) is 8.12. The molecular weight excluding hydrogens is 389 g/mol. The molecule has 1 fully saturated rings. The Labute approximate surface area is 174 Å². The van der Waals surface area contributed by atoms with Crippen LogP contribution in [0.15, 0.2) is 36.7 Å². The van der Waals surface area contributed by atoms with Gasteiger partial charge in [0.05, 0.1) is 11.4 Å². The number of hydrogen-bond acceptors (Lipinski definition) is 6. The van der Waals surface area contributed by atoms with Crippen LogP contribution < -0.4 is 15.5 Å². The summed E-state index contributed by atoms with van der Waals surface area (Å²) in [7, 11) is 0. The zero-order valence-corrected chi connectivity index (χ0v) is 17.3. The highest BCUT2D eigenvalue weighted by atomic mass is 19.1. The van der Waals surface area contributed by atoms with Crippen molar-refractivity contribution in [3.05, 3.63) is 42.5 Å². The number of ether oxygens (including phenoxy) is 1. The van der Waals surface area contributed by atoms with Crippen molar-refractivity contribution >= 4 is 29.3 Å². The minimum atomic E-state index is -0.680. The highest BCUT2D eigenvalue weighted by Gasteiger charge is 2.27. The molecule has 0 atom stereocenters. The van der Waals surface area contributed by atoms with E-state index in [1.807, 2.05) is 4.90 Å². The summed E-state index contributed by atoms with van der Waals surface area (Å²) in [6.45, 7) is 6.52. The lowest BCUT2D eigenvalue weighted by molar-refractivity contribution is -0.120. The number of piperidine rings is 1. The summed E-state index contributed by atoms with van der Waals surface area (Å²) in [5.41, 5.74) is -0.210. The minimum Gasteiger partial charge on any atom is -0.444 e. The number of nitrogens with one attached hydrogen (secondary N) is 2. The molecule has 0 aliphatic carbocycles. The van der Waals surface area contributed by atoms with Crippen molar-refractivity contribution < 1.29 is 18.7 Å². The van der Waals surface area contributed by atoms with Crippen molar-refractivity contribution in [2.45, 2.75) is 39.2 Å². The highest BCUT2D eigenvalue weighted by molar-refractivity contribution is 5.98. The number of anilines is 3. The Bertz CT molecular complexity index is 893. The average Bonchev–Trinajstić information content (AvgIpc) is 2.69. The number of amides is 2. The Morgan fingerprint density at radius 2 is 1.77 bits per heavy atom. The molecule has 1 aromatic carbocycles. The largest absolute Gasteiger partial charge is 0.444 e. The van der Waals surface area contributed by atoms with E-state index < -0.39 is 17.5 Å². The van der Waals surface area contributed by atoms with E-state index in [2.05, 4.69) is 20.6 Å². The van der Waals surface area contributed by atoms with Crippen LogP contribution in [-0.4, -0.2) is 40.7 Å². The Morgan fingerprint density at radius 3 is 2.40 bits per heavy atom. The molecule has 8 nitrogen and oxygen atoms in total. The first kappa shape index (κ1) is 21.5. The molecule has 160 valence electrons. The molecule has 9 heteroatoms. The zero-order valence-electron chi connectivity index (χ0n) is 17.3. The molecule has 1 saturated heterocycles. The third-order valence-electron chi connectivity index (χ3n) is 4.58. The first-order chi connectivity index (χ1) is 14.2. The maximum Gasteiger partial charge on any atom is 0.412 e. The number of halogens is 1. The zero-order chi connectivity index (χ0) is 21.7. The third kappa shape index (κ3) is 5.88. The molecule has 3 rings (SSSR count). The summed E-state index contributed by atoms with van der Waals surface area (Å²) >= 11 is 0. The van der Waals surface area contributed by atoms with E-state index in [1.54, 1.807) is 39.2 Å². The first-order valence-electron chi connectivity index (χ1n) is 9.84. The second kappa shape index (κ2) is 9.06. The lowest BCUT2D eigenvalue weighted by Gasteiger charge is -2.31. The summed E-state index contributed by atoms with van der Waals surface area (Å²) in [5.74, 6) is -0.328. The highest BCUT2D eigenvalue weighted by Crippen LogP contribution is 2.27. The second-order valence-corrected chi connectivity index (χ2v) is 8.12. The molecule has 0 bridgehead atoms. The quantitative estimate of drug-likeness (QED) is 0.788. The SMILES string of the molecule is CC(C)(C)OC(=O)Nc1ccc(F)cc1NC(=O)C1CCN(c2ncccn2)CC1. The minimum absolute atomic E-state index is 0.194. The number of carbonyl (C=O) groups is 2. The summed E-state index contributed by atoms with van der Waals surface area (Å²) in [6, 6.07) is 5.54. The summed E-state index contributed by atoms with van der Waals surface area (Å²) in [5, 5.41) is 5.31. The number of hydrogen-bond donors (Lipinski definition) is 2. The maximum atomic E-state index is 13.8. The fourth-order valence-electron chi connectivity index (χ4n) is 3.17. The normalized spacial score (nSPS) is 14.9. The van der Waals surface area contributed by atoms with Crippen LogP contribution in [-0.2, 0) is 9.53 Å². The van der Waals surface area contributed by atoms with E-state index in [0.29, 0.717) is 31.9 Å². The van der Waals surface area contributed by atoms with Gasteiger partial charge in [0.15, 0.2) is 0 Å². The van der Waals surface area contributed by atoms with E-state index >= 15 is 0 Å². The lowest BCUT2D eigenvalue weighted by atomic mass is 9.96. The molecule has 1 aromatic heterocycles. The van der Waals surface area contributed by atoms with Crippen molar-refractivity contribution in [2.75, 3.05) is 28.6 Å². The molecule has 0 saturated carbocycles. The molecule has 0 spiro atoms. The van der Waals surface area contributed by atoms with Gasteiger partial charge in [-0.25, -0.2) is 19.2 Å². The Kier molecular flexibility index (Phi) is 6.49. The fraction of sp³-hybridized carbons (Fsp3) is 0.429. The maximum absolute atomic E-state index is 13.8. The van der Waals surface area contributed by atoms with Crippen LogP contribution in [0.1, 0.15) is 33.6 Å². The van der Waals surface area contributed by atoms with Crippen molar-refractivity contribution in [1.82, 2.24) is 9.97 Å². The molecular formula is C21H26FN5O3. The fourth-order valence-corrected chi connectivity index (χ4v) is 3.17. The van der Waals surface area contributed by atoms with Crippen LogP contribution in [0.4, 0.5) is 26.5 Å². The van der Waals surface area contributed by atoms with Crippen LogP contribution in [0.25, 0.3) is 0 Å². The van der Waals surface area contributed by atoms with Gasteiger partial charge in [-0.15, -0.1) is 0 Å². The molecule has 2 N–H and O–H groups in total. The molecule has 0 unspecified atom stereocenters. The molecule has 2 heterocycles.